The van der Waals surface area contributed by atoms with Crippen LogP contribution in [-0.2, 0) is 16.6 Å². The smallest absolute Gasteiger partial charge is 0.335 e. The number of carbonyl (C=O) groups is 3. The van der Waals surface area contributed by atoms with Crippen molar-refractivity contribution in [1.82, 2.24) is 25.8 Å². The van der Waals surface area contributed by atoms with Gasteiger partial charge in [-0.3, -0.25) is 14.3 Å². The molecule has 10 heteroatoms. The molecule has 1 aromatic heterocycles. The van der Waals surface area contributed by atoms with E-state index in [0.717, 1.165) is 44.9 Å². The van der Waals surface area contributed by atoms with E-state index in [-0.39, 0.29) is 23.7 Å². The summed E-state index contributed by atoms with van der Waals surface area (Å²) in [7, 11) is 1.77. The lowest BCUT2D eigenvalue weighted by molar-refractivity contribution is -0.126. The number of rotatable bonds is 8. The van der Waals surface area contributed by atoms with Crippen molar-refractivity contribution in [2.24, 2.45) is 29.9 Å². The quantitative estimate of drug-likeness (QED) is 0.369. The Kier molecular flexibility index (Phi) is 8.02. The summed E-state index contributed by atoms with van der Waals surface area (Å²) in [4.78, 5) is 36.8. The summed E-state index contributed by atoms with van der Waals surface area (Å²) in [6.07, 6.45) is 8.06. The number of amides is 4. The molecule has 2 aliphatic carbocycles. The predicted octanol–water partition coefficient (Wildman–Crippen LogP) is 1.76. The molecule has 0 spiro atoms. The fourth-order valence-corrected chi connectivity index (χ4v) is 4.01. The van der Waals surface area contributed by atoms with Crippen molar-refractivity contribution in [1.29, 1.82) is 0 Å². The number of aryl methyl sites for hydroxylation is 1. The maximum atomic E-state index is 12.6. The largest absolute Gasteiger partial charge is 0.356 e. The van der Waals surface area contributed by atoms with Crippen LogP contribution in [0.2, 0.25) is 0 Å². The monoisotopic (exact) mass is 431 g/mol. The minimum atomic E-state index is -0.423. The molecule has 170 valence electrons. The number of hydrogen-bond acceptors (Lipinski definition) is 5. The molecule has 10 nitrogen and oxygen atoms in total. The molecule has 3 rings (SSSR count). The van der Waals surface area contributed by atoms with Crippen LogP contribution in [-0.4, -0.2) is 46.4 Å². The lowest BCUT2D eigenvalue weighted by Crippen LogP contribution is -2.40. The van der Waals surface area contributed by atoms with E-state index in [1.807, 2.05) is 6.92 Å². The first-order valence-electron chi connectivity index (χ1n) is 11.2. The number of anilines is 1. The molecule has 0 unspecified atom stereocenters. The van der Waals surface area contributed by atoms with E-state index in [1.165, 1.54) is 0 Å². The third kappa shape index (κ3) is 6.53. The summed E-state index contributed by atoms with van der Waals surface area (Å²) in [5, 5.41) is 16.7. The fraction of sp³-hybridized carbons (Fsp3) is 0.667. The molecule has 0 bridgehead atoms. The third-order valence-corrected chi connectivity index (χ3v) is 6.08. The Labute approximate surface area is 182 Å². The van der Waals surface area contributed by atoms with Crippen LogP contribution in [0.15, 0.2) is 17.4 Å². The number of hydrazone groups is 1. The zero-order valence-corrected chi connectivity index (χ0v) is 18.3. The van der Waals surface area contributed by atoms with Gasteiger partial charge in [0.2, 0.25) is 5.91 Å². The second-order valence-corrected chi connectivity index (χ2v) is 8.39. The summed E-state index contributed by atoms with van der Waals surface area (Å²) < 4.78 is 1.60. The Morgan fingerprint density at radius 1 is 1.10 bits per heavy atom. The molecule has 1 aromatic rings. The summed E-state index contributed by atoms with van der Waals surface area (Å²) in [6, 6.07) is 1.28. The van der Waals surface area contributed by atoms with Crippen molar-refractivity contribution >= 4 is 29.4 Å². The van der Waals surface area contributed by atoms with Crippen LogP contribution < -0.4 is 21.4 Å². The van der Waals surface area contributed by atoms with Gasteiger partial charge in [-0.15, -0.1) is 0 Å². The van der Waals surface area contributed by atoms with Crippen LogP contribution in [0.25, 0.3) is 0 Å². The lowest BCUT2D eigenvalue weighted by atomic mass is 9.81. The van der Waals surface area contributed by atoms with Crippen molar-refractivity contribution in [3.63, 3.8) is 0 Å². The lowest BCUT2D eigenvalue weighted by Gasteiger charge is -2.28. The summed E-state index contributed by atoms with van der Waals surface area (Å²) >= 11 is 0. The summed E-state index contributed by atoms with van der Waals surface area (Å²) in [5.74, 6) is 0.720. The van der Waals surface area contributed by atoms with E-state index in [1.54, 1.807) is 24.0 Å². The highest BCUT2D eigenvalue weighted by Gasteiger charge is 2.29. The van der Waals surface area contributed by atoms with E-state index in [2.05, 4.69) is 31.6 Å². The Morgan fingerprint density at radius 3 is 2.42 bits per heavy atom. The Morgan fingerprint density at radius 2 is 1.84 bits per heavy atom. The molecular weight excluding hydrogens is 398 g/mol. The van der Waals surface area contributed by atoms with Crippen LogP contribution in [0, 0.1) is 17.8 Å². The number of carbonyl (C=O) groups excluding carboxylic acids is 3. The average Bonchev–Trinajstić information content (AvgIpc) is 3.13. The van der Waals surface area contributed by atoms with Crippen LogP contribution in [0.3, 0.4) is 0 Å². The van der Waals surface area contributed by atoms with Gasteiger partial charge in [-0.2, -0.15) is 10.2 Å². The van der Waals surface area contributed by atoms with Gasteiger partial charge < -0.3 is 16.0 Å². The van der Waals surface area contributed by atoms with Gasteiger partial charge in [0.1, 0.15) is 5.71 Å². The number of aromatic nitrogens is 2. The molecule has 0 aromatic carbocycles. The molecule has 4 N–H and O–H groups in total. The van der Waals surface area contributed by atoms with Crippen LogP contribution >= 0.6 is 0 Å². The van der Waals surface area contributed by atoms with Crippen molar-refractivity contribution in [2.75, 3.05) is 18.4 Å². The SMILES string of the molecule is CCNC(=O)C1CCC(CNC(=O)N/N=C(\C(=O)Nc2ccn(C)n2)C2CCC2)CC1. The van der Waals surface area contributed by atoms with Gasteiger partial charge in [0.25, 0.3) is 5.91 Å². The van der Waals surface area contributed by atoms with E-state index >= 15 is 0 Å². The number of urea groups is 1. The van der Waals surface area contributed by atoms with Crippen molar-refractivity contribution < 1.29 is 14.4 Å². The summed E-state index contributed by atoms with van der Waals surface area (Å²) in [5.41, 5.74) is 2.80. The van der Waals surface area contributed by atoms with Crippen molar-refractivity contribution in [3.8, 4) is 0 Å². The second kappa shape index (κ2) is 10.9. The van der Waals surface area contributed by atoms with Gasteiger partial charge in [-0.25, -0.2) is 10.2 Å². The zero-order valence-electron chi connectivity index (χ0n) is 18.3. The maximum Gasteiger partial charge on any atom is 0.335 e. The van der Waals surface area contributed by atoms with E-state index in [4.69, 9.17) is 0 Å². The minimum Gasteiger partial charge on any atom is -0.356 e. The Balaban J connectivity index is 1.44. The first-order valence-corrected chi connectivity index (χ1v) is 11.2. The molecule has 1 heterocycles. The first kappa shape index (κ1) is 22.8. The highest BCUT2D eigenvalue weighted by atomic mass is 16.2. The van der Waals surface area contributed by atoms with E-state index in [0.29, 0.717) is 30.5 Å². The van der Waals surface area contributed by atoms with Gasteiger partial charge in [-0.1, -0.05) is 6.42 Å². The molecule has 2 aliphatic rings. The molecule has 2 saturated carbocycles. The number of hydrogen-bond donors (Lipinski definition) is 4. The van der Waals surface area contributed by atoms with Crippen LogP contribution in [0.1, 0.15) is 51.9 Å². The highest BCUT2D eigenvalue weighted by Crippen LogP contribution is 2.29. The number of nitrogens with zero attached hydrogens (tertiary/aromatic N) is 3. The minimum absolute atomic E-state index is 0.0496. The molecule has 0 radical (unpaired) electrons. The standard InChI is InChI=1S/C21H33N7O3/c1-3-22-19(29)16-9-7-14(8-10-16)13-23-21(31)26-25-18(15-5-4-6-15)20(30)24-17-11-12-28(2)27-17/h11-12,14-16H,3-10,13H2,1-2H3,(H,22,29)(H2,23,26,31)(H,24,27,30)/b25-18-. The third-order valence-electron chi connectivity index (χ3n) is 6.08. The molecular formula is C21H33N7O3. The predicted molar refractivity (Wildman–Crippen MR) is 117 cm³/mol. The van der Waals surface area contributed by atoms with E-state index < -0.39 is 6.03 Å². The molecule has 31 heavy (non-hydrogen) atoms. The average molecular weight is 432 g/mol. The summed E-state index contributed by atoms with van der Waals surface area (Å²) in [6.45, 7) is 3.11. The molecule has 0 atom stereocenters. The maximum absolute atomic E-state index is 12.6. The highest BCUT2D eigenvalue weighted by molar-refractivity contribution is 6.43. The van der Waals surface area contributed by atoms with Crippen molar-refractivity contribution in [2.45, 2.75) is 51.9 Å². The van der Waals surface area contributed by atoms with Crippen LogP contribution in [0.4, 0.5) is 10.6 Å². The van der Waals surface area contributed by atoms with Gasteiger partial charge in [0.05, 0.1) is 0 Å². The van der Waals surface area contributed by atoms with E-state index in [9.17, 15) is 14.4 Å². The number of nitrogens with one attached hydrogen (secondary N) is 4. The molecule has 2 fully saturated rings. The topological polar surface area (TPSA) is 130 Å². The molecule has 0 saturated heterocycles. The van der Waals surface area contributed by atoms with Gasteiger partial charge in [0, 0.05) is 44.2 Å². The Hall–Kier alpha value is -2.91. The van der Waals surface area contributed by atoms with Gasteiger partial charge >= 0.3 is 6.03 Å². The first-order chi connectivity index (χ1) is 15.0. The van der Waals surface area contributed by atoms with Crippen molar-refractivity contribution in [3.05, 3.63) is 12.3 Å². The zero-order chi connectivity index (χ0) is 22.2. The van der Waals surface area contributed by atoms with Crippen LogP contribution in [0.5, 0.6) is 0 Å². The second-order valence-electron chi connectivity index (χ2n) is 8.39. The fourth-order valence-electron chi connectivity index (χ4n) is 4.01. The van der Waals surface area contributed by atoms with Gasteiger partial charge in [0.15, 0.2) is 5.82 Å². The Bertz CT molecular complexity index is 808. The normalized spacial score (nSPS) is 21.7. The molecule has 0 aliphatic heterocycles. The van der Waals surface area contributed by atoms with Gasteiger partial charge in [-0.05, 0) is 51.4 Å². The molecule has 4 amide bonds.